The van der Waals surface area contributed by atoms with Crippen LogP contribution in [0.2, 0.25) is 0 Å². The van der Waals surface area contributed by atoms with Crippen molar-refractivity contribution < 1.29 is 19.4 Å². The zero-order valence-corrected chi connectivity index (χ0v) is 12.2. The minimum absolute atomic E-state index is 0.0608. The van der Waals surface area contributed by atoms with E-state index in [-0.39, 0.29) is 18.1 Å². The van der Waals surface area contributed by atoms with E-state index in [4.69, 9.17) is 4.74 Å². The highest BCUT2D eigenvalue weighted by molar-refractivity contribution is 5.83. The molecule has 0 aromatic heterocycles. The summed E-state index contributed by atoms with van der Waals surface area (Å²) in [5.41, 5.74) is 0. The van der Waals surface area contributed by atoms with E-state index < -0.39 is 12.0 Å². The van der Waals surface area contributed by atoms with Crippen molar-refractivity contribution in [2.24, 2.45) is 11.8 Å². The van der Waals surface area contributed by atoms with E-state index in [1.807, 2.05) is 13.8 Å². The number of urea groups is 1. The predicted octanol–water partition coefficient (Wildman–Crippen LogP) is 1.31. The maximum atomic E-state index is 12.2. The third kappa shape index (κ3) is 3.06. The van der Waals surface area contributed by atoms with Crippen LogP contribution in [-0.4, -0.2) is 53.8 Å². The molecular formula is C14H24N2O4. The Hall–Kier alpha value is -1.30. The number of likely N-dealkylation sites (tertiary alicyclic amines) is 1. The van der Waals surface area contributed by atoms with E-state index in [0.29, 0.717) is 25.6 Å². The second-order valence-corrected chi connectivity index (χ2v) is 5.74. The van der Waals surface area contributed by atoms with Crippen molar-refractivity contribution in [1.82, 2.24) is 10.2 Å². The number of fused-ring (bicyclic) bond motifs is 1. The Labute approximate surface area is 119 Å². The molecule has 0 aromatic rings. The molecule has 20 heavy (non-hydrogen) atoms. The molecule has 4 atom stereocenters. The summed E-state index contributed by atoms with van der Waals surface area (Å²) in [5.74, 6) is -0.402. The number of nitrogens with zero attached hydrogens (tertiary/aromatic N) is 1. The molecule has 2 amide bonds. The van der Waals surface area contributed by atoms with Gasteiger partial charge in [0.25, 0.3) is 0 Å². The minimum Gasteiger partial charge on any atom is -0.480 e. The van der Waals surface area contributed by atoms with E-state index in [2.05, 4.69) is 5.32 Å². The van der Waals surface area contributed by atoms with Crippen LogP contribution >= 0.6 is 0 Å². The first kappa shape index (κ1) is 15.1. The molecule has 0 spiro atoms. The van der Waals surface area contributed by atoms with Gasteiger partial charge in [-0.2, -0.15) is 0 Å². The van der Waals surface area contributed by atoms with Gasteiger partial charge in [0.2, 0.25) is 0 Å². The van der Waals surface area contributed by atoms with Gasteiger partial charge in [0, 0.05) is 19.7 Å². The van der Waals surface area contributed by atoms with Gasteiger partial charge in [0.15, 0.2) is 0 Å². The summed E-state index contributed by atoms with van der Waals surface area (Å²) in [4.78, 5) is 25.1. The molecule has 1 aliphatic heterocycles. The van der Waals surface area contributed by atoms with E-state index in [9.17, 15) is 14.7 Å². The molecule has 1 heterocycles. The highest BCUT2D eigenvalue weighted by Gasteiger charge is 2.49. The van der Waals surface area contributed by atoms with Gasteiger partial charge < -0.3 is 20.1 Å². The van der Waals surface area contributed by atoms with Crippen LogP contribution in [0.25, 0.3) is 0 Å². The van der Waals surface area contributed by atoms with Gasteiger partial charge in [0.05, 0.1) is 6.10 Å². The Balaban J connectivity index is 1.93. The van der Waals surface area contributed by atoms with Crippen LogP contribution in [0.4, 0.5) is 4.79 Å². The van der Waals surface area contributed by atoms with Crippen molar-refractivity contribution in [3.8, 4) is 0 Å². The predicted molar refractivity (Wildman–Crippen MR) is 73.4 cm³/mol. The number of carbonyl (C=O) groups is 2. The van der Waals surface area contributed by atoms with Crippen molar-refractivity contribution >= 4 is 12.0 Å². The molecule has 114 valence electrons. The first-order valence-electron chi connectivity index (χ1n) is 7.43. The normalized spacial score (nSPS) is 30.1. The highest BCUT2D eigenvalue weighted by Crippen LogP contribution is 2.42. The van der Waals surface area contributed by atoms with Crippen molar-refractivity contribution in [3.63, 3.8) is 0 Å². The smallest absolute Gasteiger partial charge is 0.326 e. The molecule has 0 aromatic carbocycles. The molecule has 1 saturated carbocycles. The van der Waals surface area contributed by atoms with Gasteiger partial charge in [-0.1, -0.05) is 6.42 Å². The monoisotopic (exact) mass is 284 g/mol. The molecule has 4 unspecified atom stereocenters. The summed E-state index contributed by atoms with van der Waals surface area (Å²) in [6.45, 7) is 5.36. The second kappa shape index (κ2) is 6.43. The second-order valence-electron chi connectivity index (χ2n) is 5.74. The number of rotatable bonds is 5. The summed E-state index contributed by atoms with van der Waals surface area (Å²) in [6.07, 6.45) is 2.97. The van der Waals surface area contributed by atoms with Crippen molar-refractivity contribution in [2.75, 3.05) is 19.7 Å². The number of ether oxygens (including phenoxy) is 1. The molecule has 1 aliphatic carbocycles. The van der Waals surface area contributed by atoms with Crippen LogP contribution in [0.1, 0.15) is 33.1 Å². The summed E-state index contributed by atoms with van der Waals surface area (Å²) >= 11 is 0. The Morgan fingerprint density at radius 3 is 2.85 bits per heavy atom. The van der Waals surface area contributed by atoms with Crippen LogP contribution in [0.5, 0.6) is 0 Å². The average molecular weight is 284 g/mol. The van der Waals surface area contributed by atoms with Gasteiger partial charge in [-0.05, 0) is 38.5 Å². The van der Waals surface area contributed by atoms with E-state index in [0.717, 1.165) is 19.3 Å². The molecule has 0 radical (unpaired) electrons. The lowest BCUT2D eigenvalue weighted by molar-refractivity contribution is -0.142. The zero-order chi connectivity index (χ0) is 14.7. The molecule has 2 N–H and O–H groups in total. The summed E-state index contributed by atoms with van der Waals surface area (Å²) in [6, 6.07) is -0.941. The number of hydrogen-bond donors (Lipinski definition) is 2. The van der Waals surface area contributed by atoms with Gasteiger partial charge >= 0.3 is 12.0 Å². The largest absolute Gasteiger partial charge is 0.480 e. The summed E-state index contributed by atoms with van der Waals surface area (Å²) in [5, 5.41) is 12.2. The quantitative estimate of drug-likeness (QED) is 0.797. The van der Waals surface area contributed by atoms with Crippen LogP contribution in [0.3, 0.4) is 0 Å². The maximum Gasteiger partial charge on any atom is 0.326 e. The number of carboxylic acids is 1. The van der Waals surface area contributed by atoms with Gasteiger partial charge in [-0.15, -0.1) is 0 Å². The molecule has 2 rings (SSSR count). The fraction of sp³-hybridized carbons (Fsp3) is 0.857. The Morgan fingerprint density at radius 1 is 1.45 bits per heavy atom. The lowest BCUT2D eigenvalue weighted by Gasteiger charge is -2.25. The van der Waals surface area contributed by atoms with E-state index in [1.54, 1.807) is 0 Å². The maximum absolute atomic E-state index is 12.2. The zero-order valence-electron chi connectivity index (χ0n) is 12.2. The third-order valence-corrected chi connectivity index (χ3v) is 4.40. The number of carbonyl (C=O) groups excluding carboxylic acids is 1. The summed E-state index contributed by atoms with van der Waals surface area (Å²) < 4.78 is 5.35. The van der Waals surface area contributed by atoms with Crippen LogP contribution in [-0.2, 0) is 9.53 Å². The first-order chi connectivity index (χ1) is 9.54. The lowest BCUT2D eigenvalue weighted by Crippen LogP contribution is -2.49. The minimum atomic E-state index is -0.882. The SMILES string of the molecule is CCOC(C)CNC(=O)N1CC2CCCC2C1C(=O)O. The summed E-state index contributed by atoms with van der Waals surface area (Å²) in [7, 11) is 0. The van der Waals surface area contributed by atoms with E-state index >= 15 is 0 Å². The number of aliphatic carboxylic acids is 1. The molecule has 0 bridgehead atoms. The fourth-order valence-corrected chi connectivity index (χ4v) is 3.51. The number of amides is 2. The molecule has 2 fully saturated rings. The first-order valence-corrected chi connectivity index (χ1v) is 7.43. The third-order valence-electron chi connectivity index (χ3n) is 4.40. The van der Waals surface area contributed by atoms with Gasteiger partial charge in [0.1, 0.15) is 6.04 Å². The molecule has 1 saturated heterocycles. The molecular weight excluding hydrogens is 260 g/mol. The Kier molecular flexibility index (Phi) is 4.86. The molecule has 2 aliphatic rings. The fourth-order valence-electron chi connectivity index (χ4n) is 3.51. The van der Waals surface area contributed by atoms with Gasteiger partial charge in [-0.25, -0.2) is 9.59 Å². The van der Waals surface area contributed by atoms with Crippen molar-refractivity contribution in [2.45, 2.75) is 45.3 Å². The number of carboxylic acid groups (broad SMARTS) is 1. The lowest BCUT2D eigenvalue weighted by atomic mass is 9.94. The Morgan fingerprint density at radius 2 is 2.20 bits per heavy atom. The number of nitrogens with one attached hydrogen (secondary N) is 1. The van der Waals surface area contributed by atoms with E-state index in [1.165, 1.54) is 4.90 Å². The molecule has 6 nitrogen and oxygen atoms in total. The highest BCUT2D eigenvalue weighted by atomic mass is 16.5. The molecule has 6 heteroatoms. The van der Waals surface area contributed by atoms with Crippen LogP contribution in [0.15, 0.2) is 0 Å². The topological polar surface area (TPSA) is 78.9 Å². The number of hydrogen-bond acceptors (Lipinski definition) is 3. The average Bonchev–Trinajstić information content (AvgIpc) is 2.95. The van der Waals surface area contributed by atoms with Gasteiger partial charge in [-0.3, -0.25) is 0 Å². The van der Waals surface area contributed by atoms with Crippen molar-refractivity contribution in [1.29, 1.82) is 0 Å². The van der Waals surface area contributed by atoms with Crippen LogP contribution in [0, 0.1) is 11.8 Å². The van der Waals surface area contributed by atoms with Crippen LogP contribution < -0.4 is 5.32 Å². The Bertz CT molecular complexity index is 374. The standard InChI is InChI=1S/C14H24N2O4/c1-3-20-9(2)7-15-14(19)16-8-10-5-4-6-11(10)12(16)13(17)18/h9-12H,3-8H2,1-2H3,(H,15,19)(H,17,18). The van der Waals surface area contributed by atoms with Crippen molar-refractivity contribution in [3.05, 3.63) is 0 Å².